The number of aromatic nitrogens is 6. The molecule has 0 aliphatic rings. The summed E-state index contributed by atoms with van der Waals surface area (Å²) in [4.78, 5) is 43.9. The van der Waals surface area contributed by atoms with Gasteiger partial charge in [-0.25, -0.2) is 14.6 Å². The van der Waals surface area contributed by atoms with Gasteiger partial charge in [-0.2, -0.15) is 5.10 Å². The Morgan fingerprint density at radius 2 is 1.88 bits per heavy atom. The Morgan fingerprint density at radius 3 is 2.46 bits per heavy atom. The van der Waals surface area contributed by atoms with Crippen LogP contribution < -0.4 is 15.9 Å². The molecule has 138 valence electrons. The van der Waals surface area contributed by atoms with Gasteiger partial charge in [-0.1, -0.05) is 13.8 Å². The highest BCUT2D eigenvalue weighted by atomic mass is 16.4. The van der Waals surface area contributed by atoms with Gasteiger partial charge in [0.1, 0.15) is 11.2 Å². The Balaban J connectivity index is 2.28. The molecule has 0 radical (unpaired) electrons. The maximum atomic E-state index is 12.7. The van der Waals surface area contributed by atoms with Crippen LogP contribution in [0.4, 0.5) is 0 Å². The molecule has 0 spiro atoms. The molecule has 0 fully saturated rings. The molecule has 3 rings (SSSR count). The summed E-state index contributed by atoms with van der Waals surface area (Å²) in [5, 5.41) is 12.1. The van der Waals surface area contributed by atoms with Gasteiger partial charge in [-0.3, -0.25) is 13.9 Å². The first-order valence-corrected chi connectivity index (χ1v) is 8.45. The first-order chi connectivity index (χ1) is 12.4. The van der Waals surface area contributed by atoms with Gasteiger partial charge in [0.15, 0.2) is 18.5 Å². The number of carbonyl (C=O) groups is 1. The summed E-state index contributed by atoms with van der Waals surface area (Å²) in [6.07, 6.45) is 1.37. The van der Waals surface area contributed by atoms with E-state index in [0.29, 0.717) is 37.4 Å². The largest absolute Gasteiger partial charge is 0.473 e. The summed E-state index contributed by atoms with van der Waals surface area (Å²) in [5.74, 6) is -0.780. The van der Waals surface area contributed by atoms with E-state index in [0.717, 1.165) is 0 Å². The summed E-state index contributed by atoms with van der Waals surface area (Å²) in [7, 11) is 1.57. The third-order valence-corrected chi connectivity index (χ3v) is 4.16. The highest BCUT2D eigenvalue weighted by Gasteiger charge is 2.24. The number of nitrogens with zero attached hydrogens (tertiary/aromatic N) is 4. The van der Waals surface area contributed by atoms with E-state index in [1.54, 1.807) is 7.05 Å². The second-order valence-electron chi connectivity index (χ2n) is 6.09. The van der Waals surface area contributed by atoms with Crippen LogP contribution in [0.3, 0.4) is 0 Å². The zero-order valence-corrected chi connectivity index (χ0v) is 14.9. The van der Waals surface area contributed by atoms with Gasteiger partial charge in [0, 0.05) is 13.1 Å². The van der Waals surface area contributed by atoms with Gasteiger partial charge in [-0.15, -0.1) is 4.68 Å². The smallest absolute Gasteiger partial charge is 0.403 e. The van der Waals surface area contributed by atoms with E-state index in [2.05, 4.69) is 15.1 Å². The SMILES string of the molecule is CCCn1c(=O)c2[nH]c(-c3cc(C(=O)O)[n+](C)[nH]3)nc2n(CCC)c1=O. The number of hydrogen-bond acceptors (Lipinski definition) is 4. The minimum atomic E-state index is -1.08. The van der Waals surface area contributed by atoms with Crippen molar-refractivity contribution >= 4 is 17.1 Å². The van der Waals surface area contributed by atoms with Gasteiger partial charge < -0.3 is 10.1 Å². The number of imidazole rings is 1. The number of H-pyrrole nitrogens is 2. The molecule has 26 heavy (non-hydrogen) atoms. The molecular weight excluding hydrogens is 340 g/mol. The van der Waals surface area contributed by atoms with E-state index in [1.165, 1.54) is 19.9 Å². The van der Waals surface area contributed by atoms with E-state index in [4.69, 9.17) is 0 Å². The van der Waals surface area contributed by atoms with Crippen LogP contribution >= 0.6 is 0 Å². The Labute approximate surface area is 147 Å². The normalized spacial score (nSPS) is 11.3. The number of rotatable bonds is 6. The van der Waals surface area contributed by atoms with Gasteiger partial charge in [-0.05, 0) is 12.8 Å². The third kappa shape index (κ3) is 2.72. The van der Waals surface area contributed by atoms with Crippen molar-refractivity contribution in [3.05, 3.63) is 32.6 Å². The zero-order chi connectivity index (χ0) is 19.0. The molecule has 0 bridgehead atoms. The molecular formula is C16H21N6O4+. The molecule has 0 unspecified atom stereocenters. The van der Waals surface area contributed by atoms with Crippen LogP contribution in [0.15, 0.2) is 15.7 Å². The highest BCUT2D eigenvalue weighted by Crippen LogP contribution is 2.16. The number of carboxylic acids is 1. The van der Waals surface area contributed by atoms with Gasteiger partial charge in [0.25, 0.3) is 5.56 Å². The lowest BCUT2D eigenvalue weighted by molar-refractivity contribution is -0.728. The molecule has 3 heterocycles. The fraction of sp³-hybridized carbons (Fsp3) is 0.438. The molecule has 10 nitrogen and oxygen atoms in total. The van der Waals surface area contributed by atoms with Crippen molar-refractivity contribution in [1.29, 1.82) is 0 Å². The molecule has 10 heteroatoms. The lowest BCUT2D eigenvalue weighted by atomic mass is 10.3. The molecule has 3 aromatic rings. The molecule has 0 saturated carbocycles. The molecule has 0 saturated heterocycles. The van der Waals surface area contributed by atoms with Crippen molar-refractivity contribution in [3.63, 3.8) is 0 Å². The Morgan fingerprint density at radius 1 is 1.23 bits per heavy atom. The summed E-state index contributed by atoms with van der Waals surface area (Å²) >= 11 is 0. The van der Waals surface area contributed by atoms with Crippen LogP contribution in [0, 0.1) is 0 Å². The minimum absolute atomic E-state index is 0.0507. The lowest BCUT2D eigenvalue weighted by Gasteiger charge is -2.09. The van der Waals surface area contributed by atoms with E-state index in [1.807, 2.05) is 13.8 Å². The van der Waals surface area contributed by atoms with Crippen LogP contribution in [0.5, 0.6) is 0 Å². The van der Waals surface area contributed by atoms with Crippen molar-refractivity contribution in [3.8, 4) is 11.5 Å². The van der Waals surface area contributed by atoms with Crippen LogP contribution in [0.1, 0.15) is 37.2 Å². The number of carboxylic acid groups (broad SMARTS) is 1. The Kier molecular flexibility index (Phi) is 4.49. The summed E-state index contributed by atoms with van der Waals surface area (Å²) in [6, 6.07) is 1.42. The number of hydrogen-bond donors (Lipinski definition) is 3. The van der Waals surface area contributed by atoms with E-state index in [-0.39, 0.29) is 22.5 Å². The summed E-state index contributed by atoms with van der Waals surface area (Å²) in [5.41, 5.74) is 0.168. The summed E-state index contributed by atoms with van der Waals surface area (Å²) in [6.45, 7) is 4.59. The molecule has 3 N–H and O–H groups in total. The van der Waals surface area contributed by atoms with Crippen molar-refractivity contribution in [2.75, 3.05) is 0 Å². The van der Waals surface area contributed by atoms with Gasteiger partial charge in [0.05, 0.1) is 6.07 Å². The topological polar surface area (TPSA) is 130 Å². The fourth-order valence-corrected chi connectivity index (χ4v) is 2.97. The maximum Gasteiger partial charge on any atom is 0.403 e. The van der Waals surface area contributed by atoms with Gasteiger partial charge >= 0.3 is 17.4 Å². The quantitative estimate of drug-likeness (QED) is 0.541. The second kappa shape index (κ2) is 6.62. The number of nitrogens with one attached hydrogen (secondary N) is 2. The average Bonchev–Trinajstić information content (AvgIpc) is 3.19. The minimum Gasteiger partial charge on any atom is -0.473 e. The molecule has 0 aliphatic carbocycles. The standard InChI is InChI=1S/C16H20N6O4/c1-4-6-21-13-11(14(23)22(7-5-2)16(21)26)17-12(18-13)9-8-10(15(24)25)20(3)19-9/h8H,4-7H2,1-3H3,(H2,17,18,19,23,24,25)/p+1. The molecule has 0 aliphatic heterocycles. The van der Waals surface area contributed by atoms with Crippen molar-refractivity contribution in [1.82, 2.24) is 24.2 Å². The first-order valence-electron chi connectivity index (χ1n) is 8.45. The van der Waals surface area contributed by atoms with E-state index < -0.39 is 11.5 Å². The number of fused-ring (bicyclic) bond motifs is 1. The summed E-state index contributed by atoms with van der Waals surface area (Å²) < 4.78 is 4.03. The van der Waals surface area contributed by atoms with Crippen LogP contribution in [-0.4, -0.2) is 35.3 Å². The lowest BCUT2D eigenvalue weighted by Crippen LogP contribution is -2.40. The Bertz CT molecular complexity index is 1100. The molecule has 0 amide bonds. The van der Waals surface area contributed by atoms with Crippen molar-refractivity contribution in [2.24, 2.45) is 7.05 Å². The number of aromatic amines is 2. The molecule has 3 aromatic heterocycles. The van der Waals surface area contributed by atoms with Crippen LogP contribution in [-0.2, 0) is 20.1 Å². The first kappa shape index (κ1) is 17.6. The predicted octanol–water partition coefficient (Wildman–Crippen LogP) is 0.224. The van der Waals surface area contributed by atoms with Crippen LogP contribution in [0.2, 0.25) is 0 Å². The van der Waals surface area contributed by atoms with Crippen LogP contribution in [0.25, 0.3) is 22.7 Å². The van der Waals surface area contributed by atoms with Gasteiger partial charge in [0.2, 0.25) is 0 Å². The zero-order valence-electron chi connectivity index (χ0n) is 14.9. The third-order valence-electron chi connectivity index (χ3n) is 4.16. The number of aromatic carboxylic acids is 1. The molecule has 0 aromatic carbocycles. The average molecular weight is 361 g/mol. The Hall–Kier alpha value is -3.17. The highest BCUT2D eigenvalue weighted by molar-refractivity contribution is 5.85. The number of aryl methyl sites for hydroxylation is 2. The van der Waals surface area contributed by atoms with Crippen molar-refractivity contribution in [2.45, 2.75) is 39.8 Å². The fourth-order valence-electron chi connectivity index (χ4n) is 2.97. The maximum absolute atomic E-state index is 12.7. The second-order valence-corrected chi connectivity index (χ2v) is 6.09. The van der Waals surface area contributed by atoms with Crippen molar-refractivity contribution < 1.29 is 14.6 Å². The molecule has 0 atom stereocenters. The predicted molar refractivity (Wildman–Crippen MR) is 93.1 cm³/mol. The monoisotopic (exact) mass is 361 g/mol. The van der Waals surface area contributed by atoms with E-state index >= 15 is 0 Å². The van der Waals surface area contributed by atoms with E-state index in [9.17, 15) is 19.5 Å².